The quantitative estimate of drug-likeness (QED) is 0.449. The molecule has 0 saturated heterocycles. The fraction of sp³-hybridized carbons (Fsp3) is 0.375. The summed E-state index contributed by atoms with van der Waals surface area (Å²) < 4.78 is 0. The number of hydrogen-bond acceptors (Lipinski definition) is 5. The van der Waals surface area contributed by atoms with Gasteiger partial charge in [-0.25, -0.2) is 5.90 Å². The number of nitrogens with two attached hydrogens (primary N) is 1. The first-order chi connectivity index (χ1) is 7.15. The lowest BCUT2D eigenvalue weighted by atomic mass is 10.5. The summed E-state index contributed by atoms with van der Waals surface area (Å²) >= 11 is 0. The molecule has 0 spiro atoms. The third-order valence-corrected chi connectivity index (χ3v) is 1.77. The van der Waals surface area contributed by atoms with E-state index in [9.17, 15) is 14.4 Å². The summed E-state index contributed by atoms with van der Waals surface area (Å²) in [7, 11) is 0. The molecule has 16 heavy (non-hydrogen) atoms. The molecule has 0 saturated carbocycles. The minimum Gasteiger partial charge on any atom is -0.352 e. The maximum Gasteiger partial charge on any atom is 0.253 e. The van der Waals surface area contributed by atoms with Crippen LogP contribution >= 0.6 is 12.4 Å². The van der Waals surface area contributed by atoms with Crippen LogP contribution in [0, 0.1) is 0 Å². The summed E-state index contributed by atoms with van der Waals surface area (Å²) in [6.07, 6.45) is 2.38. The maximum absolute atomic E-state index is 11.0. The molecule has 0 atom stereocenters. The molecule has 0 aromatic carbocycles. The van der Waals surface area contributed by atoms with Crippen LogP contribution < -0.4 is 11.2 Å². The molecule has 1 rings (SSSR count). The molecule has 1 aliphatic heterocycles. The number of carbonyl (C=O) groups is 3. The van der Waals surface area contributed by atoms with Crippen LogP contribution in [0.25, 0.3) is 0 Å². The summed E-state index contributed by atoms with van der Waals surface area (Å²) in [5, 5.41) is 2.43. The van der Waals surface area contributed by atoms with E-state index in [1.807, 2.05) is 0 Å². The van der Waals surface area contributed by atoms with Gasteiger partial charge >= 0.3 is 0 Å². The third-order valence-electron chi connectivity index (χ3n) is 1.77. The van der Waals surface area contributed by atoms with Gasteiger partial charge in [0.25, 0.3) is 11.8 Å². The minimum atomic E-state index is -0.399. The largest absolute Gasteiger partial charge is 0.352 e. The van der Waals surface area contributed by atoms with Gasteiger partial charge in [-0.15, -0.1) is 12.4 Å². The van der Waals surface area contributed by atoms with Crippen molar-refractivity contribution in [1.82, 2.24) is 10.2 Å². The van der Waals surface area contributed by atoms with Gasteiger partial charge in [0.2, 0.25) is 5.91 Å². The molecular formula is C8H12ClN3O4. The van der Waals surface area contributed by atoms with Crippen LogP contribution in [0.3, 0.4) is 0 Å². The number of nitrogens with one attached hydrogen (secondary N) is 1. The van der Waals surface area contributed by atoms with Gasteiger partial charge in [0.05, 0.1) is 0 Å². The van der Waals surface area contributed by atoms with Crippen LogP contribution in [0.15, 0.2) is 12.2 Å². The Morgan fingerprint density at radius 3 is 2.44 bits per heavy atom. The Hall–Kier alpha value is -1.44. The average Bonchev–Trinajstić information content (AvgIpc) is 2.49. The van der Waals surface area contributed by atoms with Crippen molar-refractivity contribution in [1.29, 1.82) is 0 Å². The number of hydrogen-bond donors (Lipinski definition) is 2. The van der Waals surface area contributed by atoms with Crippen LogP contribution in [-0.2, 0) is 19.2 Å². The normalized spacial score (nSPS) is 13.9. The first kappa shape index (κ1) is 14.6. The highest BCUT2D eigenvalue weighted by Crippen LogP contribution is 2.01. The first-order valence-corrected chi connectivity index (χ1v) is 4.27. The van der Waals surface area contributed by atoms with Crippen molar-refractivity contribution < 1.29 is 19.2 Å². The minimum absolute atomic E-state index is 0. The number of rotatable bonds is 5. The number of halogens is 1. The van der Waals surface area contributed by atoms with E-state index < -0.39 is 5.91 Å². The molecule has 0 fully saturated rings. The van der Waals surface area contributed by atoms with Crippen molar-refractivity contribution in [3.05, 3.63) is 12.2 Å². The summed E-state index contributed by atoms with van der Waals surface area (Å²) in [5.41, 5.74) is 0. The van der Waals surface area contributed by atoms with E-state index in [1.54, 1.807) is 0 Å². The predicted molar refractivity (Wildman–Crippen MR) is 56.3 cm³/mol. The number of nitrogens with zero attached hydrogens (tertiary/aromatic N) is 1. The van der Waals surface area contributed by atoms with Crippen LogP contribution in [0.1, 0.15) is 0 Å². The molecule has 0 aromatic rings. The summed E-state index contributed by atoms with van der Waals surface area (Å²) in [5.74, 6) is 3.54. The van der Waals surface area contributed by atoms with E-state index in [2.05, 4.69) is 16.1 Å². The molecule has 3 N–H and O–H groups in total. The molecule has 3 amide bonds. The Morgan fingerprint density at radius 2 is 1.94 bits per heavy atom. The highest BCUT2D eigenvalue weighted by Gasteiger charge is 2.22. The molecule has 0 bridgehead atoms. The molecule has 0 unspecified atom stereocenters. The smallest absolute Gasteiger partial charge is 0.253 e. The second-order valence-electron chi connectivity index (χ2n) is 2.82. The predicted octanol–water partition coefficient (Wildman–Crippen LogP) is -1.66. The second kappa shape index (κ2) is 6.94. The zero-order valence-electron chi connectivity index (χ0n) is 8.34. The lowest BCUT2D eigenvalue weighted by Crippen LogP contribution is -2.39. The highest BCUT2D eigenvalue weighted by molar-refractivity contribution is 6.12. The first-order valence-electron chi connectivity index (χ1n) is 4.27. The third kappa shape index (κ3) is 3.97. The van der Waals surface area contributed by atoms with E-state index in [4.69, 9.17) is 0 Å². The Kier molecular flexibility index (Phi) is 6.31. The fourth-order valence-corrected chi connectivity index (χ4v) is 1.09. The Labute approximate surface area is 98.0 Å². The SMILES string of the molecule is Cl.NOCC(=O)NCCN1C(=O)C=CC1=O. The molecule has 7 nitrogen and oxygen atoms in total. The van der Waals surface area contributed by atoms with Crippen LogP contribution in [0.4, 0.5) is 0 Å². The molecular weight excluding hydrogens is 238 g/mol. The zero-order chi connectivity index (χ0) is 11.3. The van der Waals surface area contributed by atoms with E-state index >= 15 is 0 Å². The molecule has 1 heterocycles. The Balaban J connectivity index is 0.00000225. The lowest BCUT2D eigenvalue weighted by Gasteiger charge is -2.13. The van der Waals surface area contributed by atoms with Crippen LogP contribution in [0.2, 0.25) is 0 Å². The standard InChI is InChI=1S/C8H11N3O4.ClH/c9-15-5-6(12)10-3-4-11-7(13)1-2-8(11)14;/h1-2H,3-5,9H2,(H,10,12);1H. The average molecular weight is 250 g/mol. The van der Waals surface area contributed by atoms with Crippen molar-refractivity contribution in [3.8, 4) is 0 Å². The molecule has 0 radical (unpaired) electrons. The number of amides is 3. The zero-order valence-corrected chi connectivity index (χ0v) is 9.16. The van der Waals surface area contributed by atoms with E-state index in [1.165, 1.54) is 12.2 Å². The van der Waals surface area contributed by atoms with Gasteiger partial charge in [0.1, 0.15) is 6.61 Å². The highest BCUT2D eigenvalue weighted by atomic mass is 35.5. The summed E-state index contributed by atoms with van der Waals surface area (Å²) in [4.78, 5) is 38.1. The van der Waals surface area contributed by atoms with Crippen molar-refractivity contribution in [3.63, 3.8) is 0 Å². The van der Waals surface area contributed by atoms with Crippen molar-refractivity contribution >= 4 is 30.1 Å². The molecule has 8 heteroatoms. The summed E-state index contributed by atoms with van der Waals surface area (Å²) in [6.45, 7) is 0.0719. The molecule has 90 valence electrons. The van der Waals surface area contributed by atoms with Crippen molar-refractivity contribution in [2.24, 2.45) is 5.90 Å². The molecule has 0 aliphatic carbocycles. The van der Waals surface area contributed by atoms with Gasteiger partial charge in [0, 0.05) is 25.2 Å². The van der Waals surface area contributed by atoms with E-state index in [0.717, 1.165) is 4.90 Å². The van der Waals surface area contributed by atoms with Gasteiger partial charge < -0.3 is 5.32 Å². The van der Waals surface area contributed by atoms with Crippen LogP contribution in [0.5, 0.6) is 0 Å². The molecule has 0 aromatic heterocycles. The van der Waals surface area contributed by atoms with E-state index in [0.29, 0.717) is 0 Å². The molecule has 1 aliphatic rings. The summed E-state index contributed by atoms with van der Waals surface area (Å²) in [6, 6.07) is 0. The number of carbonyl (C=O) groups excluding carboxylic acids is 3. The lowest BCUT2D eigenvalue weighted by molar-refractivity contribution is -0.137. The number of imide groups is 1. The van der Waals surface area contributed by atoms with Gasteiger partial charge in [-0.2, -0.15) is 0 Å². The van der Waals surface area contributed by atoms with Gasteiger partial charge in [-0.3, -0.25) is 24.1 Å². The Bertz CT molecular complexity index is 300. The van der Waals surface area contributed by atoms with E-state index in [-0.39, 0.29) is 43.9 Å². The van der Waals surface area contributed by atoms with Crippen LogP contribution in [-0.4, -0.2) is 42.3 Å². The second-order valence-corrected chi connectivity index (χ2v) is 2.82. The maximum atomic E-state index is 11.0. The topological polar surface area (TPSA) is 102 Å². The van der Waals surface area contributed by atoms with Gasteiger partial charge in [-0.1, -0.05) is 0 Å². The Morgan fingerprint density at radius 1 is 1.38 bits per heavy atom. The monoisotopic (exact) mass is 249 g/mol. The fourth-order valence-electron chi connectivity index (χ4n) is 1.09. The van der Waals surface area contributed by atoms with Gasteiger partial charge in [-0.05, 0) is 0 Å². The van der Waals surface area contributed by atoms with Crippen molar-refractivity contribution in [2.75, 3.05) is 19.7 Å². The van der Waals surface area contributed by atoms with Crippen molar-refractivity contribution in [2.45, 2.75) is 0 Å². The van der Waals surface area contributed by atoms with Gasteiger partial charge in [0.15, 0.2) is 0 Å².